The van der Waals surface area contributed by atoms with Gasteiger partial charge in [-0.05, 0) is 90.3 Å². The second-order valence-corrected chi connectivity index (χ2v) is 10.7. The minimum absolute atomic E-state index is 0.0903. The number of sulfone groups is 1. The zero-order valence-electron chi connectivity index (χ0n) is 17.1. The third-order valence-corrected chi connectivity index (χ3v) is 8.85. The first kappa shape index (κ1) is 18.7. The van der Waals surface area contributed by atoms with Crippen LogP contribution in [0.3, 0.4) is 0 Å². The van der Waals surface area contributed by atoms with Crippen LogP contribution in [0, 0.1) is 18.3 Å². The SMILES string of the molecule is Cc1cc(C#N)cc2c1S(=O)(=O)c1cccc3c1C2CC3Oc1ccc(C2CC2)cc1. The average molecular weight is 428 g/mol. The van der Waals surface area contributed by atoms with Crippen molar-refractivity contribution in [3.63, 3.8) is 0 Å². The monoisotopic (exact) mass is 427 g/mol. The van der Waals surface area contributed by atoms with Gasteiger partial charge in [0.05, 0.1) is 21.4 Å². The summed E-state index contributed by atoms with van der Waals surface area (Å²) in [6.45, 7) is 1.77. The highest BCUT2D eigenvalue weighted by atomic mass is 32.2. The van der Waals surface area contributed by atoms with Gasteiger partial charge in [0.1, 0.15) is 11.9 Å². The predicted octanol–water partition coefficient (Wildman–Crippen LogP) is 5.55. The van der Waals surface area contributed by atoms with Crippen LogP contribution in [0.1, 0.15) is 70.6 Å². The standard InChI is InChI=1S/C26H21NO3S/c1-15-11-16(14-27)12-22-21-13-23(30-19-9-7-18(8-10-19)17-5-6-17)20-3-2-4-24(25(20)21)31(28,29)26(15)22/h2-4,7-12,17,21,23H,5-6,13H2,1H3. The largest absolute Gasteiger partial charge is 0.486 e. The summed E-state index contributed by atoms with van der Waals surface area (Å²) in [6, 6.07) is 19.4. The van der Waals surface area contributed by atoms with Crippen LogP contribution in [-0.2, 0) is 9.84 Å². The van der Waals surface area contributed by atoms with Crippen LogP contribution in [-0.4, -0.2) is 8.42 Å². The van der Waals surface area contributed by atoms with E-state index in [1.54, 1.807) is 25.1 Å². The molecule has 1 saturated carbocycles. The Labute approximate surface area is 182 Å². The summed E-state index contributed by atoms with van der Waals surface area (Å²) in [5, 5.41) is 9.45. The molecule has 1 aliphatic heterocycles. The normalized spacial score (nSPS) is 22.3. The highest BCUT2D eigenvalue weighted by molar-refractivity contribution is 7.91. The van der Waals surface area contributed by atoms with E-state index in [0.717, 1.165) is 22.4 Å². The van der Waals surface area contributed by atoms with Gasteiger partial charge in [0.25, 0.3) is 0 Å². The molecule has 0 bridgehead atoms. The maximum atomic E-state index is 13.5. The third-order valence-electron chi connectivity index (χ3n) is 6.82. The van der Waals surface area contributed by atoms with E-state index in [2.05, 4.69) is 18.2 Å². The molecule has 3 aliphatic rings. The van der Waals surface area contributed by atoms with Gasteiger partial charge in [0.2, 0.25) is 9.84 Å². The Kier molecular flexibility index (Phi) is 3.88. The van der Waals surface area contributed by atoms with Gasteiger partial charge in [-0.25, -0.2) is 8.42 Å². The lowest BCUT2D eigenvalue weighted by molar-refractivity contribution is 0.203. The molecule has 1 fully saturated rings. The highest BCUT2D eigenvalue weighted by Crippen LogP contribution is 2.54. The summed E-state index contributed by atoms with van der Waals surface area (Å²) in [4.78, 5) is 0.737. The number of rotatable bonds is 3. The van der Waals surface area contributed by atoms with Crippen LogP contribution in [0.2, 0.25) is 0 Å². The zero-order valence-corrected chi connectivity index (χ0v) is 17.9. The number of benzene rings is 3. The highest BCUT2D eigenvalue weighted by Gasteiger charge is 2.45. The smallest absolute Gasteiger partial charge is 0.207 e. The maximum absolute atomic E-state index is 13.5. The van der Waals surface area contributed by atoms with Crippen molar-refractivity contribution in [2.24, 2.45) is 0 Å². The Morgan fingerprint density at radius 1 is 1.03 bits per heavy atom. The average Bonchev–Trinajstić information content (AvgIpc) is 3.55. The number of ether oxygens (including phenoxy) is 1. The number of hydrogen-bond acceptors (Lipinski definition) is 4. The number of hydrogen-bond donors (Lipinski definition) is 0. The minimum atomic E-state index is -3.64. The maximum Gasteiger partial charge on any atom is 0.207 e. The van der Waals surface area contributed by atoms with Crippen LogP contribution >= 0.6 is 0 Å². The second-order valence-electron chi connectivity index (χ2n) is 8.82. The topological polar surface area (TPSA) is 67.2 Å². The zero-order chi connectivity index (χ0) is 21.3. The van der Waals surface area contributed by atoms with E-state index in [-0.39, 0.29) is 12.0 Å². The Balaban J connectivity index is 1.45. The Hall–Kier alpha value is -3.10. The molecule has 0 amide bonds. The van der Waals surface area contributed by atoms with Crippen LogP contribution in [0.15, 0.2) is 64.4 Å². The van der Waals surface area contributed by atoms with Crippen LogP contribution < -0.4 is 4.74 Å². The number of fused-ring (bicyclic) bond motifs is 2. The molecule has 31 heavy (non-hydrogen) atoms. The summed E-state index contributed by atoms with van der Waals surface area (Å²) in [7, 11) is -3.64. The first-order chi connectivity index (χ1) is 15.0. The van der Waals surface area contributed by atoms with Gasteiger partial charge in [0.15, 0.2) is 0 Å². The van der Waals surface area contributed by atoms with E-state index in [9.17, 15) is 13.7 Å². The summed E-state index contributed by atoms with van der Waals surface area (Å²) >= 11 is 0. The fourth-order valence-electron chi connectivity index (χ4n) is 5.30. The molecule has 6 rings (SSSR count). The van der Waals surface area contributed by atoms with Crippen molar-refractivity contribution >= 4 is 9.84 Å². The molecule has 0 N–H and O–H groups in total. The minimum Gasteiger partial charge on any atom is -0.486 e. The molecule has 2 atom stereocenters. The van der Waals surface area contributed by atoms with Crippen LogP contribution in [0.4, 0.5) is 0 Å². The van der Waals surface area contributed by atoms with Crippen molar-refractivity contribution in [1.29, 1.82) is 5.26 Å². The van der Waals surface area contributed by atoms with E-state index in [0.29, 0.717) is 33.3 Å². The van der Waals surface area contributed by atoms with Crippen molar-refractivity contribution in [3.8, 4) is 11.8 Å². The van der Waals surface area contributed by atoms with E-state index >= 15 is 0 Å². The van der Waals surface area contributed by atoms with Crippen molar-refractivity contribution in [3.05, 3.63) is 88.0 Å². The Morgan fingerprint density at radius 3 is 2.52 bits per heavy atom. The number of aryl methyl sites for hydroxylation is 1. The Bertz CT molecular complexity index is 1380. The molecular formula is C26H21NO3S. The van der Waals surface area contributed by atoms with Crippen molar-refractivity contribution < 1.29 is 13.2 Å². The third kappa shape index (κ3) is 2.75. The first-order valence-electron chi connectivity index (χ1n) is 10.7. The van der Waals surface area contributed by atoms with E-state index < -0.39 is 9.84 Å². The van der Waals surface area contributed by atoms with Gasteiger partial charge in [-0.2, -0.15) is 5.26 Å². The summed E-state index contributed by atoms with van der Waals surface area (Å²) in [5.74, 6) is 1.41. The van der Waals surface area contributed by atoms with E-state index in [4.69, 9.17) is 4.74 Å². The molecule has 2 aliphatic carbocycles. The summed E-state index contributed by atoms with van der Waals surface area (Å²) < 4.78 is 33.4. The fourth-order valence-corrected chi connectivity index (χ4v) is 7.32. The van der Waals surface area contributed by atoms with Crippen LogP contribution in [0.25, 0.3) is 0 Å². The quantitative estimate of drug-likeness (QED) is 0.550. The van der Waals surface area contributed by atoms with Crippen molar-refractivity contribution in [1.82, 2.24) is 0 Å². The summed E-state index contributed by atoms with van der Waals surface area (Å²) in [6.07, 6.45) is 2.96. The lowest BCUT2D eigenvalue weighted by Crippen LogP contribution is -2.19. The lowest BCUT2D eigenvalue weighted by atomic mass is 9.90. The summed E-state index contributed by atoms with van der Waals surface area (Å²) in [5.41, 5.74) is 4.98. The molecule has 154 valence electrons. The molecule has 0 spiro atoms. The molecule has 1 heterocycles. The molecule has 5 heteroatoms. The van der Waals surface area contributed by atoms with Gasteiger partial charge in [0, 0.05) is 5.92 Å². The molecule has 0 saturated heterocycles. The van der Waals surface area contributed by atoms with E-state index in [1.807, 2.05) is 24.3 Å². The second kappa shape index (κ2) is 6.45. The van der Waals surface area contributed by atoms with Gasteiger partial charge >= 0.3 is 0 Å². The van der Waals surface area contributed by atoms with Gasteiger partial charge in [-0.3, -0.25) is 0 Å². The fraction of sp³-hybridized carbons (Fsp3) is 0.269. The van der Waals surface area contributed by atoms with E-state index in [1.165, 1.54) is 18.4 Å². The van der Waals surface area contributed by atoms with Crippen LogP contribution in [0.5, 0.6) is 5.75 Å². The molecule has 3 aromatic carbocycles. The van der Waals surface area contributed by atoms with Gasteiger partial charge in [-0.1, -0.05) is 24.3 Å². The predicted molar refractivity (Wildman–Crippen MR) is 116 cm³/mol. The Morgan fingerprint density at radius 2 is 1.81 bits per heavy atom. The molecule has 0 aromatic heterocycles. The van der Waals surface area contributed by atoms with Gasteiger partial charge in [-0.15, -0.1) is 0 Å². The lowest BCUT2D eigenvalue weighted by Gasteiger charge is -2.26. The molecule has 0 radical (unpaired) electrons. The van der Waals surface area contributed by atoms with Crippen molar-refractivity contribution in [2.45, 2.75) is 53.9 Å². The number of nitrogens with zero attached hydrogens (tertiary/aromatic N) is 1. The molecule has 4 nitrogen and oxygen atoms in total. The van der Waals surface area contributed by atoms with Gasteiger partial charge < -0.3 is 4.74 Å². The molecule has 2 unspecified atom stereocenters. The first-order valence-corrected chi connectivity index (χ1v) is 12.1. The van der Waals surface area contributed by atoms with Crippen molar-refractivity contribution in [2.75, 3.05) is 0 Å². The molecular weight excluding hydrogens is 406 g/mol. The molecule has 3 aromatic rings. The number of nitriles is 1.